The van der Waals surface area contributed by atoms with Gasteiger partial charge in [0.1, 0.15) is 0 Å². The Hall–Kier alpha value is -2.79. The smallest absolute Gasteiger partial charge is 0.244 e. The first kappa shape index (κ1) is 20.5. The highest BCUT2D eigenvalue weighted by atomic mass is 15.6. The van der Waals surface area contributed by atoms with E-state index in [0.717, 1.165) is 18.5 Å². The van der Waals surface area contributed by atoms with Crippen LogP contribution in [0.2, 0.25) is 0 Å². The quantitative estimate of drug-likeness (QED) is 0.378. The SMILES string of the molecule is CCCCCCCCCN=C(Nc1ccc(C#N)cc1)n1nnc(CN)n1. The molecule has 0 unspecified atom stereocenters. The number of anilines is 1. The zero-order chi connectivity index (χ0) is 19.3. The van der Waals surface area contributed by atoms with Crippen LogP contribution in [0.1, 0.15) is 63.3 Å². The van der Waals surface area contributed by atoms with E-state index in [2.05, 4.69) is 38.7 Å². The molecule has 8 heteroatoms. The number of aliphatic imine (C=N–C) groups is 1. The minimum absolute atomic E-state index is 0.224. The molecule has 0 radical (unpaired) electrons. The first-order chi connectivity index (χ1) is 13.3. The van der Waals surface area contributed by atoms with E-state index >= 15 is 0 Å². The molecule has 0 bridgehead atoms. The molecule has 8 nitrogen and oxygen atoms in total. The minimum atomic E-state index is 0.224. The zero-order valence-corrected chi connectivity index (χ0v) is 15.9. The number of hydrogen-bond acceptors (Lipinski definition) is 6. The maximum Gasteiger partial charge on any atom is 0.244 e. The molecule has 0 aliphatic carbocycles. The highest BCUT2D eigenvalue weighted by molar-refractivity contribution is 5.94. The molecule has 27 heavy (non-hydrogen) atoms. The Labute approximate surface area is 160 Å². The van der Waals surface area contributed by atoms with Crippen molar-refractivity contribution in [2.24, 2.45) is 10.7 Å². The van der Waals surface area contributed by atoms with Gasteiger partial charge in [0.05, 0.1) is 18.2 Å². The Morgan fingerprint density at radius 1 is 1.15 bits per heavy atom. The van der Waals surface area contributed by atoms with Crippen molar-refractivity contribution in [2.75, 3.05) is 11.9 Å². The van der Waals surface area contributed by atoms with Gasteiger partial charge < -0.3 is 11.1 Å². The summed E-state index contributed by atoms with van der Waals surface area (Å²) in [5, 5.41) is 24.3. The predicted octanol–water partition coefficient (Wildman–Crippen LogP) is 3.07. The van der Waals surface area contributed by atoms with Gasteiger partial charge in [-0.1, -0.05) is 50.2 Å². The van der Waals surface area contributed by atoms with Crippen LogP contribution in [0.15, 0.2) is 29.3 Å². The Balaban J connectivity index is 1.95. The predicted molar refractivity (Wildman–Crippen MR) is 106 cm³/mol. The highest BCUT2D eigenvalue weighted by Crippen LogP contribution is 2.10. The van der Waals surface area contributed by atoms with Gasteiger partial charge >= 0.3 is 0 Å². The summed E-state index contributed by atoms with van der Waals surface area (Å²) in [6.07, 6.45) is 8.61. The molecular weight excluding hydrogens is 340 g/mol. The number of benzene rings is 1. The lowest BCUT2D eigenvalue weighted by atomic mass is 10.1. The molecule has 0 aliphatic rings. The largest absolute Gasteiger partial charge is 0.324 e. The lowest BCUT2D eigenvalue weighted by molar-refractivity contribution is 0.592. The van der Waals surface area contributed by atoms with Gasteiger partial charge in [-0.25, -0.2) is 4.99 Å². The van der Waals surface area contributed by atoms with Crippen LogP contribution in [0.3, 0.4) is 0 Å². The number of aromatic nitrogens is 4. The van der Waals surface area contributed by atoms with E-state index in [4.69, 9.17) is 11.0 Å². The normalized spacial score (nSPS) is 11.4. The number of nitriles is 1. The minimum Gasteiger partial charge on any atom is -0.324 e. The first-order valence-corrected chi connectivity index (χ1v) is 9.57. The van der Waals surface area contributed by atoms with Gasteiger partial charge in [-0.3, -0.25) is 0 Å². The van der Waals surface area contributed by atoms with E-state index in [1.807, 2.05) is 12.1 Å². The maximum atomic E-state index is 8.91. The Morgan fingerprint density at radius 2 is 1.85 bits per heavy atom. The molecule has 0 saturated carbocycles. The van der Waals surface area contributed by atoms with Crippen molar-refractivity contribution < 1.29 is 0 Å². The zero-order valence-electron chi connectivity index (χ0n) is 15.9. The van der Waals surface area contributed by atoms with Gasteiger partial charge in [-0.05, 0) is 35.9 Å². The van der Waals surface area contributed by atoms with E-state index in [9.17, 15) is 0 Å². The summed E-state index contributed by atoms with van der Waals surface area (Å²) in [5.41, 5.74) is 6.98. The molecule has 2 rings (SSSR count). The number of hydrogen-bond donors (Lipinski definition) is 2. The van der Waals surface area contributed by atoms with Crippen molar-refractivity contribution >= 4 is 11.6 Å². The molecule has 1 heterocycles. The molecule has 0 atom stereocenters. The van der Waals surface area contributed by atoms with Crippen molar-refractivity contribution in [1.82, 2.24) is 20.2 Å². The fraction of sp³-hybridized carbons (Fsp3) is 0.526. The van der Waals surface area contributed by atoms with Crippen molar-refractivity contribution in [3.05, 3.63) is 35.7 Å². The van der Waals surface area contributed by atoms with Crippen molar-refractivity contribution in [2.45, 2.75) is 58.4 Å². The van der Waals surface area contributed by atoms with Crippen molar-refractivity contribution in [3.8, 4) is 6.07 Å². The number of nitrogens with one attached hydrogen (secondary N) is 1. The third kappa shape index (κ3) is 7.15. The molecule has 0 aliphatic heterocycles. The first-order valence-electron chi connectivity index (χ1n) is 9.57. The van der Waals surface area contributed by atoms with Crippen LogP contribution in [0, 0.1) is 11.3 Å². The molecule has 3 N–H and O–H groups in total. The van der Waals surface area contributed by atoms with E-state index in [1.54, 1.807) is 12.1 Å². The lowest BCUT2D eigenvalue weighted by Gasteiger charge is -2.08. The van der Waals surface area contributed by atoms with Crippen LogP contribution in [0.25, 0.3) is 0 Å². The summed E-state index contributed by atoms with van der Waals surface area (Å²) in [6.45, 7) is 3.14. The summed E-state index contributed by atoms with van der Waals surface area (Å²) in [7, 11) is 0. The van der Waals surface area contributed by atoms with E-state index in [1.165, 1.54) is 36.9 Å². The number of rotatable bonds is 10. The van der Waals surface area contributed by atoms with Crippen LogP contribution < -0.4 is 11.1 Å². The summed E-state index contributed by atoms with van der Waals surface area (Å²) >= 11 is 0. The molecule has 0 amide bonds. The van der Waals surface area contributed by atoms with Gasteiger partial charge in [0, 0.05) is 12.2 Å². The fourth-order valence-corrected chi connectivity index (χ4v) is 2.58. The summed E-state index contributed by atoms with van der Waals surface area (Å²) < 4.78 is 0. The second-order valence-electron chi connectivity index (χ2n) is 6.34. The van der Waals surface area contributed by atoms with Crippen LogP contribution in [0.5, 0.6) is 0 Å². The van der Waals surface area contributed by atoms with Gasteiger partial charge in [0.15, 0.2) is 5.82 Å². The molecular formula is C19H28N8. The van der Waals surface area contributed by atoms with Crippen LogP contribution in [0.4, 0.5) is 5.69 Å². The number of unbranched alkanes of at least 4 members (excludes halogenated alkanes) is 6. The summed E-state index contributed by atoms with van der Waals surface area (Å²) in [6, 6.07) is 9.24. The van der Waals surface area contributed by atoms with Crippen molar-refractivity contribution in [1.29, 1.82) is 5.26 Å². The molecule has 0 fully saturated rings. The number of nitrogens with two attached hydrogens (primary N) is 1. The van der Waals surface area contributed by atoms with Crippen molar-refractivity contribution in [3.63, 3.8) is 0 Å². The molecule has 144 valence electrons. The van der Waals surface area contributed by atoms with E-state index < -0.39 is 0 Å². The Kier molecular flexibility index (Phi) is 8.93. The van der Waals surface area contributed by atoms with Gasteiger partial charge in [-0.2, -0.15) is 5.26 Å². The van der Waals surface area contributed by atoms with Gasteiger partial charge in [0.25, 0.3) is 0 Å². The van der Waals surface area contributed by atoms with E-state index in [-0.39, 0.29) is 6.54 Å². The second-order valence-corrected chi connectivity index (χ2v) is 6.34. The Morgan fingerprint density at radius 3 is 2.48 bits per heavy atom. The van der Waals surface area contributed by atoms with Gasteiger partial charge in [0.2, 0.25) is 5.96 Å². The molecule has 1 aromatic heterocycles. The number of nitrogens with zero attached hydrogens (tertiary/aromatic N) is 6. The standard InChI is InChI=1S/C19H28N8/c1-2-3-4-5-6-7-8-13-22-19(27-25-18(15-21)24-26-27)23-17-11-9-16(14-20)10-12-17/h9-12H,2-8,13,15,21H2,1H3,(H,22,23). The third-order valence-electron chi connectivity index (χ3n) is 4.12. The summed E-state index contributed by atoms with van der Waals surface area (Å²) in [4.78, 5) is 5.97. The number of tetrazole rings is 1. The van der Waals surface area contributed by atoms with Crippen LogP contribution in [-0.4, -0.2) is 32.7 Å². The average molecular weight is 368 g/mol. The molecule has 2 aromatic rings. The average Bonchev–Trinajstić information content (AvgIpc) is 3.19. The molecule has 0 saturated heterocycles. The lowest BCUT2D eigenvalue weighted by Crippen LogP contribution is -2.25. The Bertz CT molecular complexity index is 742. The van der Waals surface area contributed by atoms with Crippen LogP contribution >= 0.6 is 0 Å². The maximum absolute atomic E-state index is 8.91. The van der Waals surface area contributed by atoms with E-state index in [0.29, 0.717) is 23.9 Å². The fourth-order valence-electron chi connectivity index (χ4n) is 2.58. The molecule has 1 aromatic carbocycles. The molecule has 0 spiro atoms. The second kappa shape index (κ2) is 11.8. The van der Waals surface area contributed by atoms with Crippen LogP contribution in [-0.2, 0) is 6.54 Å². The topological polar surface area (TPSA) is 118 Å². The highest BCUT2D eigenvalue weighted by Gasteiger charge is 2.08. The third-order valence-corrected chi connectivity index (χ3v) is 4.12. The summed E-state index contributed by atoms with van der Waals surface area (Å²) in [5.74, 6) is 0.957. The van der Waals surface area contributed by atoms with Gasteiger partial charge in [-0.15, -0.1) is 10.2 Å². The monoisotopic (exact) mass is 368 g/mol.